The standard InChI is InChI=1S/C40H54ClN5O5S/c1-2-30(47)20-28(22-38-44-33-15-14-29(41)23-37(33)52-38)40(50)46-34(19-25-10-12-26(24-43)13-11-25)35(48)21-27(7-5-6-17-42)39(49)45-32-16-18-51-36-9-4-3-8-31(32)36/h3-4,8-9,14-15,23,25-28,32,34H,2,5-7,10-13,16-22,24,42-43H2,1H3,(H,45,49)(H,46,50)/t25?,26?,27-,28-,32-,34+/m1/s1. The lowest BCUT2D eigenvalue weighted by Gasteiger charge is -2.31. The van der Waals surface area contributed by atoms with Gasteiger partial charge in [0.15, 0.2) is 5.78 Å². The van der Waals surface area contributed by atoms with Crippen LogP contribution in [0.4, 0.5) is 0 Å². The van der Waals surface area contributed by atoms with E-state index in [4.69, 9.17) is 32.8 Å². The Labute approximate surface area is 316 Å². The van der Waals surface area contributed by atoms with Crippen LogP contribution in [0.3, 0.4) is 0 Å². The zero-order valence-corrected chi connectivity index (χ0v) is 31.8. The fourth-order valence-corrected chi connectivity index (χ4v) is 8.87. The van der Waals surface area contributed by atoms with Gasteiger partial charge in [0, 0.05) is 48.6 Å². The summed E-state index contributed by atoms with van der Waals surface area (Å²) in [6, 6.07) is 12.2. The maximum absolute atomic E-state index is 14.4. The number of carbonyl (C=O) groups excluding carboxylic acids is 4. The van der Waals surface area contributed by atoms with Gasteiger partial charge in [0.1, 0.15) is 11.5 Å². The number of rotatable bonds is 19. The van der Waals surface area contributed by atoms with Crippen molar-refractivity contribution in [2.45, 2.75) is 102 Å². The van der Waals surface area contributed by atoms with Crippen molar-refractivity contribution in [1.29, 1.82) is 0 Å². The molecule has 2 aromatic carbocycles. The van der Waals surface area contributed by atoms with E-state index in [1.807, 2.05) is 36.4 Å². The van der Waals surface area contributed by atoms with Crippen molar-refractivity contribution in [2.24, 2.45) is 35.1 Å². The van der Waals surface area contributed by atoms with Crippen molar-refractivity contribution in [3.05, 3.63) is 58.1 Å². The number of aromatic nitrogens is 1. The summed E-state index contributed by atoms with van der Waals surface area (Å²) in [5, 5.41) is 7.66. The molecule has 2 aliphatic rings. The molecule has 6 N–H and O–H groups in total. The molecule has 1 aromatic heterocycles. The first-order chi connectivity index (χ1) is 25.2. The minimum absolute atomic E-state index is 0.00154. The zero-order chi connectivity index (χ0) is 37.0. The van der Waals surface area contributed by atoms with Gasteiger partial charge in [-0.3, -0.25) is 19.2 Å². The summed E-state index contributed by atoms with van der Waals surface area (Å²) < 4.78 is 6.72. The number of fused-ring (bicyclic) bond motifs is 2. The predicted octanol–water partition coefficient (Wildman–Crippen LogP) is 6.46. The lowest BCUT2D eigenvalue weighted by Crippen LogP contribution is -2.47. The van der Waals surface area contributed by atoms with Crippen molar-refractivity contribution in [1.82, 2.24) is 15.6 Å². The molecule has 12 heteroatoms. The minimum atomic E-state index is -0.783. The van der Waals surface area contributed by atoms with Gasteiger partial charge >= 0.3 is 0 Å². The average molecular weight is 752 g/mol. The highest BCUT2D eigenvalue weighted by atomic mass is 35.5. The van der Waals surface area contributed by atoms with Crippen molar-refractivity contribution >= 4 is 56.5 Å². The van der Waals surface area contributed by atoms with Crippen LogP contribution in [0.25, 0.3) is 10.2 Å². The first-order valence-electron chi connectivity index (χ1n) is 19.0. The summed E-state index contributed by atoms with van der Waals surface area (Å²) in [5.41, 5.74) is 13.5. The molecule has 1 fully saturated rings. The Hall–Kier alpha value is -3.38. The van der Waals surface area contributed by atoms with Crippen LogP contribution in [0.2, 0.25) is 5.02 Å². The van der Waals surface area contributed by atoms with Crippen LogP contribution in [0.15, 0.2) is 42.5 Å². The summed E-state index contributed by atoms with van der Waals surface area (Å²) >= 11 is 7.66. The molecule has 1 aliphatic carbocycles. The van der Waals surface area contributed by atoms with Crippen molar-refractivity contribution < 1.29 is 23.9 Å². The van der Waals surface area contributed by atoms with E-state index in [0.29, 0.717) is 62.7 Å². The van der Waals surface area contributed by atoms with Gasteiger partial charge in [-0.2, -0.15) is 0 Å². The van der Waals surface area contributed by atoms with Gasteiger partial charge in [-0.05, 0) is 81.3 Å². The molecule has 0 spiro atoms. The highest BCUT2D eigenvalue weighted by molar-refractivity contribution is 7.18. The number of nitrogens with two attached hydrogens (primary N) is 2. The molecule has 282 valence electrons. The molecule has 3 aromatic rings. The van der Waals surface area contributed by atoms with Crippen LogP contribution in [0.1, 0.15) is 101 Å². The van der Waals surface area contributed by atoms with Crippen LogP contribution in [-0.2, 0) is 25.6 Å². The second kappa shape index (κ2) is 19.6. The number of hydrogen-bond acceptors (Lipinski definition) is 9. The molecule has 0 radical (unpaired) electrons. The van der Waals surface area contributed by atoms with Crippen molar-refractivity contribution in [2.75, 3.05) is 19.7 Å². The van der Waals surface area contributed by atoms with E-state index in [1.165, 1.54) is 11.3 Å². The highest BCUT2D eigenvalue weighted by Crippen LogP contribution is 2.34. The molecule has 0 saturated heterocycles. The zero-order valence-electron chi connectivity index (χ0n) is 30.2. The lowest BCUT2D eigenvalue weighted by molar-refractivity contribution is -0.134. The maximum atomic E-state index is 14.4. The third-order valence-electron chi connectivity index (χ3n) is 10.7. The van der Waals surface area contributed by atoms with Gasteiger partial charge in [-0.25, -0.2) is 4.98 Å². The van der Waals surface area contributed by atoms with Gasteiger partial charge in [0.25, 0.3) is 0 Å². The molecule has 1 saturated carbocycles. The first-order valence-corrected chi connectivity index (χ1v) is 20.2. The van der Waals surface area contributed by atoms with E-state index < -0.39 is 17.9 Å². The van der Waals surface area contributed by atoms with Gasteiger partial charge in [0.2, 0.25) is 11.8 Å². The fourth-order valence-electron chi connectivity index (χ4n) is 7.55. The quantitative estimate of drug-likeness (QED) is 0.101. The van der Waals surface area contributed by atoms with E-state index in [1.54, 1.807) is 13.0 Å². The first kappa shape index (κ1) is 39.8. The minimum Gasteiger partial charge on any atom is -0.493 e. The number of amides is 2. The van der Waals surface area contributed by atoms with Gasteiger partial charge < -0.3 is 26.8 Å². The van der Waals surface area contributed by atoms with Crippen LogP contribution >= 0.6 is 22.9 Å². The smallest absolute Gasteiger partial charge is 0.224 e. The number of para-hydroxylation sites is 1. The lowest BCUT2D eigenvalue weighted by atomic mass is 9.78. The Morgan fingerprint density at radius 1 is 0.962 bits per heavy atom. The summed E-state index contributed by atoms with van der Waals surface area (Å²) in [6.45, 7) is 3.43. The largest absolute Gasteiger partial charge is 0.493 e. The number of unbranched alkanes of at least 4 members (excludes halogenated alkanes) is 1. The Bertz CT molecular complexity index is 1670. The summed E-state index contributed by atoms with van der Waals surface area (Å²) in [6.07, 6.45) is 7.55. The monoisotopic (exact) mass is 751 g/mol. The van der Waals surface area contributed by atoms with Crippen LogP contribution in [0.5, 0.6) is 5.75 Å². The Balaban J connectivity index is 1.35. The predicted molar refractivity (Wildman–Crippen MR) is 206 cm³/mol. The molecule has 4 atom stereocenters. The average Bonchev–Trinajstić information content (AvgIpc) is 3.55. The Morgan fingerprint density at radius 3 is 2.48 bits per heavy atom. The van der Waals surface area contributed by atoms with Gasteiger partial charge in [-0.1, -0.05) is 56.0 Å². The molecular formula is C40H54ClN5O5S. The second-order valence-electron chi connectivity index (χ2n) is 14.5. The van der Waals surface area contributed by atoms with E-state index in [0.717, 1.165) is 58.6 Å². The third kappa shape index (κ3) is 11.1. The topological polar surface area (TPSA) is 166 Å². The number of benzene rings is 2. The summed E-state index contributed by atoms with van der Waals surface area (Å²) in [5.74, 6) is -0.503. The number of nitrogens with one attached hydrogen (secondary N) is 2. The number of halogens is 1. The third-order valence-corrected chi connectivity index (χ3v) is 12.0. The fraction of sp³-hybridized carbons (Fsp3) is 0.575. The molecule has 0 unspecified atom stereocenters. The van der Waals surface area contributed by atoms with E-state index in [9.17, 15) is 19.2 Å². The maximum Gasteiger partial charge on any atom is 0.224 e. The molecule has 0 bridgehead atoms. The van der Waals surface area contributed by atoms with E-state index >= 15 is 0 Å². The Kier molecular flexibility index (Phi) is 15.0. The molecule has 10 nitrogen and oxygen atoms in total. The van der Waals surface area contributed by atoms with Gasteiger partial charge in [-0.15, -0.1) is 11.3 Å². The summed E-state index contributed by atoms with van der Waals surface area (Å²) in [7, 11) is 0. The second-order valence-corrected chi connectivity index (χ2v) is 16.1. The number of thiazole rings is 1. The van der Waals surface area contributed by atoms with E-state index in [2.05, 4.69) is 10.6 Å². The van der Waals surface area contributed by atoms with Crippen molar-refractivity contribution in [3.8, 4) is 5.75 Å². The molecule has 5 rings (SSSR count). The van der Waals surface area contributed by atoms with Crippen LogP contribution in [0, 0.1) is 23.7 Å². The van der Waals surface area contributed by atoms with Crippen LogP contribution in [-0.4, -0.2) is 54.1 Å². The van der Waals surface area contributed by atoms with Crippen LogP contribution < -0.4 is 26.8 Å². The molecule has 1 aliphatic heterocycles. The molecule has 2 heterocycles. The van der Waals surface area contributed by atoms with Gasteiger partial charge in [0.05, 0.1) is 39.8 Å². The normalized spacial score (nSPS) is 20.3. The number of ketones is 2. The number of nitrogens with zero attached hydrogens (tertiary/aromatic N) is 1. The Morgan fingerprint density at radius 2 is 1.73 bits per heavy atom. The molecular weight excluding hydrogens is 698 g/mol. The van der Waals surface area contributed by atoms with E-state index in [-0.39, 0.29) is 54.6 Å². The van der Waals surface area contributed by atoms with Crippen molar-refractivity contribution in [3.63, 3.8) is 0 Å². The SMILES string of the molecule is CCC(=O)C[C@H](Cc1nc2ccc(Cl)cc2s1)C(=O)N[C@@H](CC1CCC(CN)CC1)C(=O)C[C@@H](CCCCN)C(=O)N[C@@H]1CCOc2ccccc21. The molecule has 2 amide bonds. The number of Topliss-reactive ketones (excluding diaryl/α,β-unsaturated/α-hetero) is 2. The number of hydrogen-bond donors (Lipinski definition) is 4. The molecule has 52 heavy (non-hydrogen) atoms. The number of ether oxygens (including phenoxy) is 1. The summed E-state index contributed by atoms with van der Waals surface area (Å²) in [4.78, 5) is 59.9. The highest BCUT2D eigenvalue weighted by Gasteiger charge is 2.34. The number of carbonyl (C=O) groups is 4.